The van der Waals surface area contributed by atoms with Crippen LogP contribution in [0, 0.1) is 5.82 Å². The first-order valence-electron chi connectivity index (χ1n) is 9.37. The molecular weight excluding hydrogens is 387 g/mol. The molecule has 1 atom stereocenters. The number of aliphatic hydroxyl groups is 1. The number of benzene rings is 3. The van der Waals surface area contributed by atoms with E-state index in [4.69, 9.17) is 9.47 Å². The first kappa shape index (κ1) is 19.6. The molecule has 0 bridgehead atoms. The van der Waals surface area contributed by atoms with E-state index in [2.05, 4.69) is 4.98 Å². The molecule has 1 heterocycles. The second-order valence-corrected chi connectivity index (χ2v) is 6.71. The van der Waals surface area contributed by atoms with Crippen molar-refractivity contribution in [3.63, 3.8) is 0 Å². The lowest BCUT2D eigenvalue weighted by Gasteiger charge is -2.14. The Kier molecular flexibility index (Phi) is 5.72. The first-order valence-corrected chi connectivity index (χ1v) is 9.37. The van der Waals surface area contributed by atoms with Gasteiger partial charge in [-0.05, 0) is 48.5 Å². The monoisotopic (exact) mass is 406 g/mol. The number of halogens is 1. The van der Waals surface area contributed by atoms with Gasteiger partial charge in [-0.25, -0.2) is 9.37 Å². The zero-order chi connectivity index (χ0) is 20.9. The van der Waals surface area contributed by atoms with E-state index < -0.39 is 11.9 Å². The Morgan fingerprint density at radius 1 is 0.967 bits per heavy atom. The van der Waals surface area contributed by atoms with E-state index >= 15 is 0 Å². The van der Waals surface area contributed by atoms with Crippen LogP contribution in [0.5, 0.6) is 17.2 Å². The molecule has 0 aliphatic carbocycles. The summed E-state index contributed by atoms with van der Waals surface area (Å²) >= 11 is 0. The Hall–Kier alpha value is -3.71. The SMILES string of the molecule is O=c1c2ccc(F)cc2ncn1CC(O)COc1ccc(Oc2ccccc2)cc1. The van der Waals surface area contributed by atoms with Gasteiger partial charge in [-0.2, -0.15) is 0 Å². The molecular formula is C23H19FN2O4. The van der Waals surface area contributed by atoms with Crippen LogP contribution in [0.15, 0.2) is 83.9 Å². The van der Waals surface area contributed by atoms with Crippen molar-refractivity contribution in [2.45, 2.75) is 12.6 Å². The van der Waals surface area contributed by atoms with Crippen LogP contribution in [0.25, 0.3) is 10.9 Å². The zero-order valence-corrected chi connectivity index (χ0v) is 15.9. The van der Waals surface area contributed by atoms with Crippen molar-refractivity contribution < 1.29 is 19.0 Å². The van der Waals surface area contributed by atoms with Crippen molar-refractivity contribution in [1.29, 1.82) is 0 Å². The first-order chi connectivity index (χ1) is 14.6. The van der Waals surface area contributed by atoms with E-state index in [-0.39, 0.29) is 24.2 Å². The third kappa shape index (κ3) is 4.64. The number of rotatable bonds is 7. The van der Waals surface area contributed by atoms with Crippen LogP contribution in [-0.2, 0) is 6.54 Å². The maximum absolute atomic E-state index is 13.3. The summed E-state index contributed by atoms with van der Waals surface area (Å²) in [5.41, 5.74) is -0.0683. The van der Waals surface area contributed by atoms with E-state index in [1.807, 2.05) is 30.3 Å². The molecule has 152 valence electrons. The molecule has 30 heavy (non-hydrogen) atoms. The van der Waals surface area contributed by atoms with E-state index in [1.54, 1.807) is 24.3 Å². The lowest BCUT2D eigenvalue weighted by atomic mass is 10.2. The fourth-order valence-corrected chi connectivity index (χ4v) is 2.96. The minimum absolute atomic E-state index is 0.00716. The smallest absolute Gasteiger partial charge is 0.261 e. The molecule has 0 amide bonds. The van der Waals surface area contributed by atoms with Crippen molar-refractivity contribution in [3.8, 4) is 17.2 Å². The fourth-order valence-electron chi connectivity index (χ4n) is 2.96. The van der Waals surface area contributed by atoms with Crippen molar-refractivity contribution in [3.05, 3.63) is 95.3 Å². The molecule has 7 heteroatoms. The molecule has 1 aromatic heterocycles. The molecule has 3 aromatic carbocycles. The average molecular weight is 406 g/mol. The highest BCUT2D eigenvalue weighted by molar-refractivity contribution is 5.77. The predicted octanol–water partition coefficient (Wildman–Crippen LogP) is 3.77. The predicted molar refractivity (Wildman–Crippen MR) is 110 cm³/mol. The van der Waals surface area contributed by atoms with Crippen molar-refractivity contribution in [1.82, 2.24) is 9.55 Å². The van der Waals surface area contributed by atoms with Crippen LogP contribution in [0.4, 0.5) is 4.39 Å². The standard InChI is InChI=1S/C23H19FN2O4/c24-16-6-11-21-22(12-16)25-15-26(23(21)28)13-17(27)14-29-18-7-9-20(10-8-18)30-19-4-2-1-3-5-19/h1-12,15,17,27H,13-14H2. The summed E-state index contributed by atoms with van der Waals surface area (Å²) in [7, 11) is 0. The van der Waals surface area contributed by atoms with Crippen LogP contribution in [0.1, 0.15) is 0 Å². The lowest BCUT2D eigenvalue weighted by molar-refractivity contribution is 0.0914. The van der Waals surface area contributed by atoms with Gasteiger partial charge in [0.1, 0.15) is 35.8 Å². The molecule has 1 unspecified atom stereocenters. The largest absolute Gasteiger partial charge is 0.491 e. The number of nitrogens with zero attached hydrogens (tertiary/aromatic N) is 2. The zero-order valence-electron chi connectivity index (χ0n) is 15.9. The number of hydrogen-bond acceptors (Lipinski definition) is 5. The minimum Gasteiger partial charge on any atom is -0.491 e. The number of hydrogen-bond donors (Lipinski definition) is 1. The van der Waals surface area contributed by atoms with Gasteiger partial charge in [-0.15, -0.1) is 0 Å². The fraction of sp³-hybridized carbons (Fsp3) is 0.130. The summed E-state index contributed by atoms with van der Waals surface area (Å²) in [6, 6.07) is 20.2. The van der Waals surface area contributed by atoms with Crippen LogP contribution in [-0.4, -0.2) is 27.4 Å². The van der Waals surface area contributed by atoms with E-state index in [9.17, 15) is 14.3 Å². The Balaban J connectivity index is 1.35. The molecule has 0 saturated carbocycles. The van der Waals surface area contributed by atoms with Crippen molar-refractivity contribution >= 4 is 10.9 Å². The Bertz CT molecular complexity index is 1190. The van der Waals surface area contributed by atoms with Gasteiger partial charge in [0.05, 0.1) is 23.8 Å². The van der Waals surface area contributed by atoms with Gasteiger partial charge in [0.25, 0.3) is 5.56 Å². The van der Waals surface area contributed by atoms with E-state index in [0.717, 1.165) is 5.75 Å². The molecule has 4 rings (SSSR count). The Morgan fingerprint density at radius 3 is 2.43 bits per heavy atom. The highest BCUT2D eigenvalue weighted by Crippen LogP contribution is 2.23. The Labute approximate surface area is 171 Å². The van der Waals surface area contributed by atoms with Gasteiger partial charge < -0.3 is 14.6 Å². The van der Waals surface area contributed by atoms with Gasteiger partial charge in [0.2, 0.25) is 0 Å². The summed E-state index contributed by atoms with van der Waals surface area (Å²) in [6.45, 7) is 0.00113. The normalized spacial score (nSPS) is 11.9. The van der Waals surface area contributed by atoms with Gasteiger partial charge >= 0.3 is 0 Å². The van der Waals surface area contributed by atoms with Gasteiger partial charge in [-0.3, -0.25) is 9.36 Å². The van der Waals surface area contributed by atoms with E-state index in [0.29, 0.717) is 16.9 Å². The summed E-state index contributed by atoms with van der Waals surface area (Å²) in [4.78, 5) is 16.5. The molecule has 0 radical (unpaired) electrons. The second kappa shape index (κ2) is 8.75. The number of aliphatic hydroxyl groups excluding tert-OH is 1. The lowest BCUT2D eigenvalue weighted by Crippen LogP contribution is -2.30. The second-order valence-electron chi connectivity index (χ2n) is 6.71. The van der Waals surface area contributed by atoms with Crippen molar-refractivity contribution in [2.75, 3.05) is 6.61 Å². The average Bonchev–Trinajstić information content (AvgIpc) is 2.76. The van der Waals surface area contributed by atoms with Crippen LogP contribution >= 0.6 is 0 Å². The maximum Gasteiger partial charge on any atom is 0.261 e. The summed E-state index contributed by atoms with van der Waals surface area (Å²) in [5.74, 6) is 1.51. The minimum atomic E-state index is -0.928. The highest BCUT2D eigenvalue weighted by Gasteiger charge is 2.11. The van der Waals surface area contributed by atoms with Gasteiger partial charge in [0, 0.05) is 6.07 Å². The quantitative estimate of drug-likeness (QED) is 0.506. The summed E-state index contributed by atoms with van der Waals surface area (Å²) < 4.78 is 25.9. The maximum atomic E-state index is 13.3. The van der Waals surface area contributed by atoms with Crippen LogP contribution in [0.2, 0.25) is 0 Å². The molecule has 6 nitrogen and oxygen atoms in total. The van der Waals surface area contributed by atoms with E-state index in [1.165, 1.54) is 29.1 Å². The Morgan fingerprint density at radius 2 is 1.67 bits per heavy atom. The van der Waals surface area contributed by atoms with Crippen LogP contribution in [0.3, 0.4) is 0 Å². The number of fused-ring (bicyclic) bond motifs is 1. The molecule has 4 aromatic rings. The number of para-hydroxylation sites is 1. The van der Waals surface area contributed by atoms with Gasteiger partial charge in [-0.1, -0.05) is 18.2 Å². The molecule has 1 N–H and O–H groups in total. The molecule has 0 aliphatic heterocycles. The van der Waals surface area contributed by atoms with Crippen molar-refractivity contribution in [2.24, 2.45) is 0 Å². The topological polar surface area (TPSA) is 73.6 Å². The van der Waals surface area contributed by atoms with Crippen LogP contribution < -0.4 is 15.0 Å². The molecule has 0 aliphatic rings. The highest BCUT2D eigenvalue weighted by atomic mass is 19.1. The molecule has 0 spiro atoms. The molecule has 0 fully saturated rings. The number of ether oxygens (including phenoxy) is 2. The third-order valence-electron chi connectivity index (χ3n) is 4.44. The molecule has 0 saturated heterocycles. The van der Waals surface area contributed by atoms with Gasteiger partial charge in [0.15, 0.2) is 0 Å². The number of aromatic nitrogens is 2. The third-order valence-corrected chi connectivity index (χ3v) is 4.44. The summed E-state index contributed by atoms with van der Waals surface area (Å²) in [5, 5.41) is 10.5. The summed E-state index contributed by atoms with van der Waals surface area (Å²) in [6.07, 6.45) is 0.367.